The third kappa shape index (κ3) is 2.83. The number of hydrogen-bond acceptors (Lipinski definition) is 2. The Bertz CT molecular complexity index is 751. The van der Waals surface area contributed by atoms with Crippen LogP contribution in [0.4, 0.5) is 5.69 Å². The molecule has 1 aliphatic rings. The van der Waals surface area contributed by atoms with Gasteiger partial charge in [-0.3, -0.25) is 10.1 Å². The fraction of sp³-hybridized carbons (Fsp3) is 0.429. The van der Waals surface area contributed by atoms with Gasteiger partial charge in [0.15, 0.2) is 0 Å². The van der Waals surface area contributed by atoms with Crippen LogP contribution in [0, 0.1) is 10.1 Å². The molecule has 0 aliphatic heterocycles. The molecule has 0 amide bonds. The largest absolute Gasteiger partial charge is 0.272 e. The zero-order chi connectivity index (χ0) is 17.1. The Morgan fingerprint density at radius 3 is 2.46 bits per heavy atom. The first-order chi connectivity index (χ1) is 11.7. The lowest BCUT2D eigenvalue weighted by molar-refractivity contribution is -0.385. The molecule has 24 heavy (non-hydrogen) atoms. The zero-order valence-corrected chi connectivity index (χ0v) is 14.5. The molecule has 0 heterocycles. The van der Waals surface area contributed by atoms with Crippen molar-refractivity contribution in [2.75, 3.05) is 0 Å². The topological polar surface area (TPSA) is 43.1 Å². The highest BCUT2D eigenvalue weighted by Crippen LogP contribution is 2.50. The molecule has 0 saturated carbocycles. The fourth-order valence-electron chi connectivity index (χ4n) is 3.98. The van der Waals surface area contributed by atoms with Gasteiger partial charge in [0.1, 0.15) is 0 Å². The monoisotopic (exact) mass is 323 g/mol. The van der Waals surface area contributed by atoms with Crippen molar-refractivity contribution in [3.8, 4) is 11.1 Å². The van der Waals surface area contributed by atoms with E-state index in [2.05, 4.69) is 38.1 Å². The van der Waals surface area contributed by atoms with Gasteiger partial charge in [0.2, 0.25) is 0 Å². The van der Waals surface area contributed by atoms with Crippen molar-refractivity contribution >= 4 is 5.69 Å². The van der Waals surface area contributed by atoms with Crippen molar-refractivity contribution in [2.45, 2.75) is 58.3 Å². The summed E-state index contributed by atoms with van der Waals surface area (Å²) in [6.07, 6.45) is 6.20. The quantitative estimate of drug-likeness (QED) is 0.447. The van der Waals surface area contributed by atoms with Crippen LogP contribution in [-0.2, 0) is 6.42 Å². The summed E-state index contributed by atoms with van der Waals surface area (Å²) in [5, 5.41) is 11.6. The van der Waals surface area contributed by atoms with E-state index >= 15 is 0 Å². The summed E-state index contributed by atoms with van der Waals surface area (Å²) in [6.45, 7) is 4.34. The van der Waals surface area contributed by atoms with E-state index in [-0.39, 0.29) is 4.92 Å². The van der Waals surface area contributed by atoms with Crippen LogP contribution in [0.3, 0.4) is 0 Å². The molecule has 1 unspecified atom stereocenters. The van der Waals surface area contributed by atoms with Crippen molar-refractivity contribution in [1.82, 2.24) is 0 Å². The van der Waals surface area contributed by atoms with Crippen LogP contribution in [0.25, 0.3) is 11.1 Å². The van der Waals surface area contributed by atoms with Crippen molar-refractivity contribution in [3.63, 3.8) is 0 Å². The maximum atomic E-state index is 11.6. The fourth-order valence-corrected chi connectivity index (χ4v) is 3.98. The van der Waals surface area contributed by atoms with Crippen molar-refractivity contribution < 1.29 is 4.92 Å². The highest BCUT2D eigenvalue weighted by atomic mass is 16.6. The molecule has 0 spiro atoms. The minimum atomic E-state index is -0.203. The molecule has 0 radical (unpaired) electrons. The SMILES string of the molecule is CCCCc1c([N+](=O)[O-])ccc2c1C(CCCC)c1ccccc1-2. The lowest BCUT2D eigenvalue weighted by Crippen LogP contribution is -2.05. The van der Waals surface area contributed by atoms with Gasteiger partial charge in [-0.2, -0.15) is 0 Å². The number of fused-ring (bicyclic) bond motifs is 3. The van der Waals surface area contributed by atoms with E-state index in [0.717, 1.165) is 44.1 Å². The average molecular weight is 323 g/mol. The molecular weight excluding hydrogens is 298 g/mol. The standard InChI is InChI=1S/C21H25NO2/c1-3-5-9-17-15-11-7-8-12-16(15)18-13-14-20(22(23)24)19(21(17)18)10-6-4-2/h7-8,11-14,17H,3-6,9-10H2,1-2H3. The van der Waals surface area contributed by atoms with Crippen LogP contribution in [0.1, 0.15) is 68.6 Å². The van der Waals surface area contributed by atoms with Crippen LogP contribution in [0.2, 0.25) is 0 Å². The van der Waals surface area contributed by atoms with E-state index in [9.17, 15) is 10.1 Å². The van der Waals surface area contributed by atoms with Crippen molar-refractivity contribution in [3.05, 3.63) is 63.2 Å². The second-order valence-electron chi connectivity index (χ2n) is 6.67. The normalized spacial score (nSPS) is 15.2. The van der Waals surface area contributed by atoms with Crippen LogP contribution < -0.4 is 0 Å². The third-order valence-corrected chi connectivity index (χ3v) is 5.13. The molecule has 3 heteroatoms. The van der Waals surface area contributed by atoms with Crippen LogP contribution in [0.15, 0.2) is 36.4 Å². The molecule has 1 aliphatic carbocycles. The number of nitrogens with zero attached hydrogens (tertiary/aromatic N) is 1. The zero-order valence-electron chi connectivity index (χ0n) is 14.5. The Morgan fingerprint density at radius 1 is 1.00 bits per heavy atom. The maximum absolute atomic E-state index is 11.6. The third-order valence-electron chi connectivity index (χ3n) is 5.13. The molecule has 0 aromatic heterocycles. The van der Waals surface area contributed by atoms with Gasteiger partial charge in [-0.05, 0) is 47.6 Å². The lowest BCUT2D eigenvalue weighted by atomic mass is 9.86. The molecule has 0 N–H and O–H groups in total. The Hall–Kier alpha value is -2.16. The summed E-state index contributed by atoms with van der Waals surface area (Å²) in [5.74, 6) is 0.308. The number of unbranched alkanes of at least 4 members (excludes halogenated alkanes) is 2. The second kappa shape index (κ2) is 7.16. The lowest BCUT2D eigenvalue weighted by Gasteiger charge is -2.17. The van der Waals surface area contributed by atoms with Crippen molar-refractivity contribution in [1.29, 1.82) is 0 Å². The van der Waals surface area contributed by atoms with Gasteiger partial charge in [-0.25, -0.2) is 0 Å². The summed E-state index contributed by atoms with van der Waals surface area (Å²) in [4.78, 5) is 11.4. The molecule has 3 nitrogen and oxygen atoms in total. The minimum absolute atomic E-state index is 0.203. The van der Waals surface area contributed by atoms with E-state index in [4.69, 9.17) is 0 Å². The summed E-state index contributed by atoms with van der Waals surface area (Å²) in [7, 11) is 0. The Labute approximate surface area is 143 Å². The van der Waals surface area contributed by atoms with Crippen LogP contribution >= 0.6 is 0 Å². The molecule has 2 aromatic rings. The first-order valence-electron chi connectivity index (χ1n) is 9.08. The van der Waals surface area contributed by atoms with Gasteiger partial charge in [0.25, 0.3) is 5.69 Å². The molecular formula is C21H25NO2. The highest BCUT2D eigenvalue weighted by Gasteiger charge is 2.33. The Balaban J connectivity index is 2.18. The Kier molecular flexibility index (Phi) is 4.98. The molecule has 0 bridgehead atoms. The molecule has 0 fully saturated rings. The minimum Gasteiger partial charge on any atom is -0.258 e. The van der Waals surface area contributed by atoms with Gasteiger partial charge in [0.05, 0.1) is 4.92 Å². The van der Waals surface area contributed by atoms with Gasteiger partial charge in [0, 0.05) is 17.5 Å². The predicted molar refractivity (Wildman–Crippen MR) is 98.5 cm³/mol. The first kappa shape index (κ1) is 16.7. The average Bonchev–Trinajstić information content (AvgIpc) is 2.92. The maximum Gasteiger partial charge on any atom is 0.272 e. The van der Waals surface area contributed by atoms with E-state index in [1.807, 2.05) is 6.07 Å². The summed E-state index contributed by atoms with van der Waals surface area (Å²) in [6, 6.07) is 12.2. The first-order valence-corrected chi connectivity index (χ1v) is 9.08. The molecule has 3 rings (SSSR count). The van der Waals surface area contributed by atoms with Crippen LogP contribution in [0.5, 0.6) is 0 Å². The summed E-state index contributed by atoms with van der Waals surface area (Å²) < 4.78 is 0. The molecule has 1 atom stereocenters. The second-order valence-corrected chi connectivity index (χ2v) is 6.67. The highest BCUT2D eigenvalue weighted by molar-refractivity contribution is 5.81. The predicted octanol–water partition coefficient (Wildman–Crippen LogP) is 6.24. The summed E-state index contributed by atoms with van der Waals surface area (Å²) >= 11 is 0. The number of benzene rings is 2. The molecule has 126 valence electrons. The van der Waals surface area contributed by atoms with E-state index in [1.54, 1.807) is 6.07 Å². The van der Waals surface area contributed by atoms with Gasteiger partial charge in [-0.15, -0.1) is 0 Å². The van der Waals surface area contributed by atoms with Crippen molar-refractivity contribution in [2.24, 2.45) is 0 Å². The summed E-state index contributed by atoms with van der Waals surface area (Å²) in [5.41, 5.74) is 6.32. The number of nitro benzene ring substituents is 1. The van der Waals surface area contributed by atoms with Gasteiger partial charge in [-0.1, -0.05) is 57.4 Å². The smallest absolute Gasteiger partial charge is 0.258 e. The van der Waals surface area contributed by atoms with E-state index < -0.39 is 0 Å². The van der Waals surface area contributed by atoms with E-state index in [1.165, 1.54) is 22.3 Å². The molecule has 2 aromatic carbocycles. The Morgan fingerprint density at radius 2 is 1.75 bits per heavy atom. The number of rotatable bonds is 7. The van der Waals surface area contributed by atoms with Gasteiger partial charge >= 0.3 is 0 Å². The number of hydrogen-bond donors (Lipinski definition) is 0. The van der Waals surface area contributed by atoms with Crippen LogP contribution in [-0.4, -0.2) is 4.92 Å². The van der Waals surface area contributed by atoms with E-state index in [0.29, 0.717) is 11.6 Å². The number of nitro groups is 1. The van der Waals surface area contributed by atoms with Gasteiger partial charge < -0.3 is 0 Å². The molecule has 0 saturated heterocycles.